The lowest BCUT2D eigenvalue weighted by molar-refractivity contribution is 0.268. The van der Waals surface area contributed by atoms with Crippen LogP contribution in [0.3, 0.4) is 0 Å². The van der Waals surface area contributed by atoms with Gasteiger partial charge >= 0.3 is 29.0 Å². The summed E-state index contributed by atoms with van der Waals surface area (Å²) in [4.78, 5) is 11.7. The maximum Gasteiger partial charge on any atom is 0.527 e. The highest BCUT2D eigenvalue weighted by Crippen LogP contribution is 1.89. The lowest BCUT2D eigenvalue weighted by atomic mass is 10.6. The fourth-order valence-electron chi connectivity index (χ4n) is 1.21. The molecule has 0 spiro atoms. The smallest absolute Gasteiger partial charge is 0.493 e. The quantitative estimate of drug-likeness (QED) is 0.508. The van der Waals surface area contributed by atoms with E-state index in [1.54, 1.807) is 0 Å². The van der Waals surface area contributed by atoms with Crippen molar-refractivity contribution in [3.8, 4) is 0 Å². The lowest BCUT2D eigenvalue weighted by Crippen LogP contribution is -2.22. The molecular weight excluding hydrogens is 306 g/mol. The Morgan fingerprint density at radius 1 is 0.682 bits per heavy atom. The minimum Gasteiger partial charge on any atom is -0.493 e. The topological polar surface area (TPSA) is 24.9 Å². The summed E-state index contributed by atoms with van der Waals surface area (Å²) in [5, 5.41) is 0. The largest absolute Gasteiger partial charge is 0.527 e. The molecule has 0 saturated heterocycles. The third-order valence-electron chi connectivity index (χ3n) is 2.63. The van der Waals surface area contributed by atoms with Crippen molar-refractivity contribution in [3.63, 3.8) is 0 Å². The highest BCUT2D eigenvalue weighted by Gasteiger charge is 2.10. The first-order valence-corrected chi connectivity index (χ1v) is 11.0. The first kappa shape index (κ1) is 24.1. The van der Waals surface area contributed by atoms with Gasteiger partial charge in [-0.25, -0.2) is 0 Å². The molecule has 0 fully saturated rings. The minimum atomic E-state index is -1.25. The van der Waals surface area contributed by atoms with Gasteiger partial charge in [0.15, 0.2) is 0 Å². The predicted octanol–water partition coefficient (Wildman–Crippen LogP) is 2.01. The molecule has 0 N–H and O–H groups in total. The zero-order chi connectivity index (χ0) is 17.4. The summed E-state index contributed by atoms with van der Waals surface area (Å²) in [5.41, 5.74) is 0. The van der Waals surface area contributed by atoms with Crippen LogP contribution in [0.2, 0.25) is 0 Å². The summed E-state index contributed by atoms with van der Waals surface area (Å²) in [6, 6.07) is 0. The Bertz CT molecular complexity index is 265. The second-order valence-electron chi connectivity index (χ2n) is 5.22. The van der Waals surface area contributed by atoms with Gasteiger partial charge in [0.1, 0.15) is 0 Å². The van der Waals surface area contributed by atoms with Crippen molar-refractivity contribution in [1.82, 2.24) is 9.80 Å². The van der Waals surface area contributed by atoms with E-state index in [1.165, 1.54) is 0 Å². The van der Waals surface area contributed by atoms with Gasteiger partial charge in [0, 0.05) is 26.3 Å². The highest BCUT2D eigenvalue weighted by atomic mass is 27.2. The van der Waals surface area contributed by atoms with Gasteiger partial charge in [0.05, 0.1) is 0 Å². The van der Waals surface area contributed by atoms with Gasteiger partial charge in [-0.2, -0.15) is 0 Å². The van der Waals surface area contributed by atoms with Gasteiger partial charge in [-0.05, 0) is 28.2 Å². The van der Waals surface area contributed by atoms with Crippen molar-refractivity contribution in [2.45, 2.75) is 0 Å². The molecule has 0 saturated carbocycles. The molecule has 0 heterocycles. The predicted molar refractivity (Wildman–Crippen MR) is 101 cm³/mol. The third-order valence-corrected chi connectivity index (χ3v) is 5.73. The van der Waals surface area contributed by atoms with Crippen LogP contribution in [0.1, 0.15) is 0 Å². The Hall–Kier alpha value is -0.135. The maximum absolute atomic E-state index is 5.51. The van der Waals surface area contributed by atoms with Gasteiger partial charge in [-0.1, -0.05) is 0 Å². The Kier molecular flexibility index (Phi) is 18.9. The van der Waals surface area contributed by atoms with Crippen LogP contribution in [0.4, 0.5) is 0 Å². The Labute approximate surface area is 146 Å². The van der Waals surface area contributed by atoms with Crippen LogP contribution in [-0.4, -0.2) is 93.3 Å². The van der Waals surface area contributed by atoms with Crippen LogP contribution in [0, 0.1) is 0 Å². The van der Waals surface area contributed by atoms with Crippen LogP contribution in [0.15, 0.2) is 46.1 Å². The first-order valence-electron chi connectivity index (χ1n) is 7.44. The van der Waals surface area contributed by atoms with Gasteiger partial charge < -0.3 is 17.4 Å². The molecule has 0 bridgehead atoms. The molecule has 0 radical (unpaired) electrons. The summed E-state index contributed by atoms with van der Waals surface area (Å²) in [5.74, 6) is 0. The molecule has 0 unspecified atom stereocenters. The van der Waals surface area contributed by atoms with Gasteiger partial charge in [0.2, 0.25) is 0 Å². The fourth-order valence-corrected chi connectivity index (χ4v) is 2.89. The molecular formula is C16H32Al2N2O2. The monoisotopic (exact) mass is 338 g/mol. The molecule has 4 nitrogen and oxygen atoms in total. The fraction of sp³-hybridized carbons (Fsp3) is 0.500. The number of hydrogen-bond donors (Lipinski definition) is 0. The second-order valence-corrected chi connectivity index (χ2v) is 9.63. The van der Waals surface area contributed by atoms with E-state index in [4.69, 9.17) is 7.58 Å². The molecule has 0 amide bonds. The van der Waals surface area contributed by atoms with Crippen molar-refractivity contribution in [2.75, 3.05) is 54.5 Å². The second kappa shape index (κ2) is 17.2. The van der Waals surface area contributed by atoms with Gasteiger partial charge in [-0.3, -0.25) is 0 Å². The molecule has 0 aromatic heterocycles. The van der Waals surface area contributed by atoms with Gasteiger partial charge in [0.25, 0.3) is 0 Å². The SMILES string of the molecule is C=[CH][Al]([CH]=C)[O]CCN(C)C.C=[CH][Al]([CH]=C)[O]CCN(C)C. The van der Waals surface area contributed by atoms with Crippen LogP contribution in [-0.2, 0) is 7.58 Å². The molecule has 0 aliphatic heterocycles. The Morgan fingerprint density at radius 3 is 1.14 bits per heavy atom. The molecule has 0 aromatic carbocycles. The van der Waals surface area contributed by atoms with Gasteiger partial charge in [-0.15, -0.1) is 46.1 Å². The summed E-state index contributed by atoms with van der Waals surface area (Å²) in [6.07, 6.45) is 0. The van der Waals surface area contributed by atoms with Crippen LogP contribution in [0.5, 0.6) is 0 Å². The van der Waals surface area contributed by atoms with Crippen molar-refractivity contribution in [3.05, 3.63) is 46.1 Å². The van der Waals surface area contributed by atoms with Crippen molar-refractivity contribution < 1.29 is 7.58 Å². The third kappa shape index (κ3) is 17.9. The molecule has 0 aromatic rings. The number of likely N-dealkylation sites (N-methyl/N-ethyl adjacent to an activating group) is 2. The minimum absolute atomic E-state index is 0.780. The standard InChI is InChI=1S/2C4H10NO.4C2H3.2Al/c2*1-5(2)3-4-6;4*1-2;;/h2*3-4H2,1-2H3;4*1H,2H2;;/q2*-1;;;;;2*+1. The van der Waals surface area contributed by atoms with E-state index in [1.807, 2.05) is 47.9 Å². The van der Waals surface area contributed by atoms with Crippen LogP contribution >= 0.6 is 0 Å². The molecule has 0 aliphatic carbocycles. The normalized spacial score (nSPS) is 9.73. The maximum atomic E-state index is 5.51. The van der Waals surface area contributed by atoms with E-state index in [0.717, 1.165) is 26.3 Å². The Balaban J connectivity index is 0. The number of rotatable bonds is 12. The molecule has 0 rings (SSSR count). The van der Waals surface area contributed by atoms with Crippen LogP contribution in [0.25, 0.3) is 0 Å². The molecule has 124 valence electrons. The summed E-state index contributed by atoms with van der Waals surface area (Å²) in [6.45, 7) is 18.2. The Morgan fingerprint density at radius 2 is 0.955 bits per heavy atom. The molecule has 0 atom stereocenters. The van der Waals surface area contributed by atoms with Crippen molar-refractivity contribution in [2.24, 2.45) is 0 Å². The summed E-state index contributed by atoms with van der Waals surface area (Å²) in [7, 11) is 8.12. The van der Waals surface area contributed by atoms with E-state index in [2.05, 4.69) is 36.1 Å². The zero-order valence-corrected chi connectivity index (χ0v) is 17.1. The molecule has 0 aliphatic rings. The number of nitrogens with zero attached hydrogens (tertiary/aromatic N) is 2. The van der Waals surface area contributed by atoms with Crippen molar-refractivity contribution in [1.29, 1.82) is 0 Å². The van der Waals surface area contributed by atoms with E-state index >= 15 is 0 Å². The van der Waals surface area contributed by atoms with E-state index in [0.29, 0.717) is 0 Å². The molecule has 22 heavy (non-hydrogen) atoms. The lowest BCUT2D eigenvalue weighted by Gasteiger charge is -2.11. The first-order chi connectivity index (χ1) is 10.4. The highest BCUT2D eigenvalue weighted by molar-refractivity contribution is 6.63. The zero-order valence-electron chi connectivity index (χ0n) is 14.8. The van der Waals surface area contributed by atoms with Crippen molar-refractivity contribution >= 4 is 29.0 Å². The average Bonchev–Trinajstić information content (AvgIpc) is 2.48. The summed E-state index contributed by atoms with van der Waals surface area (Å²) < 4.78 is 11.0. The molecule has 6 heteroatoms. The summed E-state index contributed by atoms with van der Waals surface area (Å²) >= 11 is -2.50. The van der Waals surface area contributed by atoms with E-state index < -0.39 is 29.0 Å². The van der Waals surface area contributed by atoms with E-state index in [-0.39, 0.29) is 0 Å². The number of hydrogen-bond acceptors (Lipinski definition) is 4. The van der Waals surface area contributed by atoms with Crippen LogP contribution < -0.4 is 0 Å². The average molecular weight is 338 g/mol. The van der Waals surface area contributed by atoms with E-state index in [9.17, 15) is 0 Å².